The summed E-state index contributed by atoms with van der Waals surface area (Å²) in [7, 11) is 0. The fourth-order valence-electron chi connectivity index (χ4n) is 2.05. The second-order valence-electron chi connectivity index (χ2n) is 4.50. The van der Waals surface area contributed by atoms with Crippen LogP contribution in [0.5, 0.6) is 0 Å². The molecule has 0 saturated carbocycles. The molecule has 1 heterocycles. The molecule has 4 nitrogen and oxygen atoms in total. The van der Waals surface area contributed by atoms with Crippen LogP contribution in [0.15, 0.2) is 18.2 Å². The van der Waals surface area contributed by atoms with Gasteiger partial charge in [0.15, 0.2) is 0 Å². The van der Waals surface area contributed by atoms with Crippen molar-refractivity contribution in [1.29, 1.82) is 0 Å². The first-order chi connectivity index (χ1) is 8.09. The smallest absolute Gasteiger partial charge is 0.254 e. The van der Waals surface area contributed by atoms with Crippen molar-refractivity contribution in [2.24, 2.45) is 0 Å². The van der Waals surface area contributed by atoms with Crippen LogP contribution in [0.4, 0.5) is 5.69 Å². The zero-order valence-corrected chi connectivity index (χ0v) is 10.3. The summed E-state index contributed by atoms with van der Waals surface area (Å²) in [6.45, 7) is 5.79. The Balaban J connectivity index is 2.26. The average molecular weight is 234 g/mol. The topological polar surface area (TPSA) is 55.6 Å². The van der Waals surface area contributed by atoms with E-state index in [1.807, 2.05) is 30.9 Å². The average Bonchev–Trinajstić information content (AvgIpc) is 2.32. The summed E-state index contributed by atoms with van der Waals surface area (Å²) < 4.78 is 5.33. The van der Waals surface area contributed by atoms with Gasteiger partial charge in [-0.15, -0.1) is 0 Å². The standard InChI is InChI=1S/C13H18N2O2/c1-9-3-4-11(14)7-12(9)13(16)15-5-6-17-8-10(15)2/h3-4,7,10H,5-6,8,14H2,1-2H3/t10-/m1/s1. The summed E-state index contributed by atoms with van der Waals surface area (Å²) in [4.78, 5) is 14.3. The normalized spacial score (nSPS) is 20.4. The van der Waals surface area contributed by atoms with Crippen molar-refractivity contribution in [1.82, 2.24) is 4.90 Å². The highest BCUT2D eigenvalue weighted by atomic mass is 16.5. The van der Waals surface area contributed by atoms with E-state index in [4.69, 9.17) is 10.5 Å². The highest BCUT2D eigenvalue weighted by Crippen LogP contribution is 2.17. The molecule has 92 valence electrons. The Hall–Kier alpha value is -1.55. The van der Waals surface area contributed by atoms with E-state index in [2.05, 4.69) is 0 Å². The SMILES string of the molecule is Cc1ccc(N)cc1C(=O)N1CCOC[C@H]1C. The number of carbonyl (C=O) groups excluding carboxylic acids is 1. The van der Waals surface area contributed by atoms with Gasteiger partial charge >= 0.3 is 0 Å². The predicted octanol–water partition coefficient (Wildman–Crippen LogP) is 1.44. The molecule has 0 spiro atoms. The second kappa shape index (κ2) is 4.75. The molecule has 0 aromatic heterocycles. The maximum Gasteiger partial charge on any atom is 0.254 e. The molecule has 1 saturated heterocycles. The van der Waals surface area contributed by atoms with Crippen LogP contribution in [0.3, 0.4) is 0 Å². The van der Waals surface area contributed by atoms with E-state index in [1.54, 1.807) is 6.07 Å². The van der Waals surface area contributed by atoms with Gasteiger partial charge in [0.05, 0.1) is 19.3 Å². The number of anilines is 1. The molecule has 0 radical (unpaired) electrons. The number of aryl methyl sites for hydroxylation is 1. The summed E-state index contributed by atoms with van der Waals surface area (Å²) >= 11 is 0. The van der Waals surface area contributed by atoms with Crippen LogP contribution in [0.1, 0.15) is 22.8 Å². The van der Waals surface area contributed by atoms with Crippen LogP contribution in [-0.4, -0.2) is 36.6 Å². The number of hydrogen-bond donors (Lipinski definition) is 1. The molecule has 1 aliphatic heterocycles. The van der Waals surface area contributed by atoms with Gasteiger partial charge in [0.2, 0.25) is 0 Å². The maximum absolute atomic E-state index is 12.4. The second-order valence-corrected chi connectivity index (χ2v) is 4.50. The van der Waals surface area contributed by atoms with E-state index in [-0.39, 0.29) is 11.9 Å². The van der Waals surface area contributed by atoms with Crippen LogP contribution >= 0.6 is 0 Å². The largest absolute Gasteiger partial charge is 0.399 e. The summed E-state index contributed by atoms with van der Waals surface area (Å²) in [6, 6.07) is 5.57. The Morgan fingerprint density at radius 2 is 2.29 bits per heavy atom. The lowest BCUT2D eigenvalue weighted by Crippen LogP contribution is -2.47. The zero-order valence-electron chi connectivity index (χ0n) is 10.3. The Labute approximate surface area is 101 Å². The molecular weight excluding hydrogens is 216 g/mol. The number of carbonyl (C=O) groups is 1. The summed E-state index contributed by atoms with van der Waals surface area (Å²) in [5.41, 5.74) is 8.01. The van der Waals surface area contributed by atoms with E-state index >= 15 is 0 Å². The third kappa shape index (κ3) is 2.42. The van der Waals surface area contributed by atoms with Gasteiger partial charge in [0, 0.05) is 17.8 Å². The van der Waals surface area contributed by atoms with Crippen molar-refractivity contribution in [2.75, 3.05) is 25.5 Å². The quantitative estimate of drug-likeness (QED) is 0.748. The predicted molar refractivity (Wildman–Crippen MR) is 66.9 cm³/mol. The molecule has 4 heteroatoms. The van der Waals surface area contributed by atoms with Crippen molar-refractivity contribution in [2.45, 2.75) is 19.9 Å². The van der Waals surface area contributed by atoms with Gasteiger partial charge in [0.1, 0.15) is 0 Å². The lowest BCUT2D eigenvalue weighted by molar-refractivity contribution is 0.00356. The van der Waals surface area contributed by atoms with Crippen LogP contribution in [0.25, 0.3) is 0 Å². The molecule has 2 N–H and O–H groups in total. The van der Waals surface area contributed by atoms with E-state index in [0.29, 0.717) is 31.0 Å². The van der Waals surface area contributed by atoms with Gasteiger partial charge in [0.25, 0.3) is 5.91 Å². The van der Waals surface area contributed by atoms with E-state index in [9.17, 15) is 4.79 Å². The van der Waals surface area contributed by atoms with Crippen LogP contribution < -0.4 is 5.73 Å². The van der Waals surface area contributed by atoms with Gasteiger partial charge < -0.3 is 15.4 Å². The number of nitrogens with zero attached hydrogens (tertiary/aromatic N) is 1. The Morgan fingerprint density at radius 1 is 1.53 bits per heavy atom. The zero-order chi connectivity index (χ0) is 12.4. The first kappa shape index (κ1) is 11.9. The molecule has 1 fully saturated rings. The summed E-state index contributed by atoms with van der Waals surface area (Å²) in [6.07, 6.45) is 0. The van der Waals surface area contributed by atoms with Crippen LogP contribution in [0.2, 0.25) is 0 Å². The third-order valence-electron chi connectivity index (χ3n) is 3.12. The lowest BCUT2D eigenvalue weighted by atomic mass is 10.1. The molecular formula is C13H18N2O2. The number of nitrogen functional groups attached to an aromatic ring is 1. The number of amides is 1. The third-order valence-corrected chi connectivity index (χ3v) is 3.12. The van der Waals surface area contributed by atoms with Gasteiger partial charge in [-0.3, -0.25) is 4.79 Å². The fraction of sp³-hybridized carbons (Fsp3) is 0.462. The maximum atomic E-state index is 12.4. The van der Waals surface area contributed by atoms with Crippen molar-refractivity contribution in [3.05, 3.63) is 29.3 Å². The number of benzene rings is 1. The highest BCUT2D eigenvalue weighted by molar-refractivity contribution is 5.96. The van der Waals surface area contributed by atoms with Crippen molar-refractivity contribution < 1.29 is 9.53 Å². The number of morpholine rings is 1. The minimum absolute atomic E-state index is 0.0469. The molecule has 1 aliphatic rings. The number of hydrogen-bond acceptors (Lipinski definition) is 3. The molecule has 1 aromatic carbocycles. The first-order valence-corrected chi connectivity index (χ1v) is 5.84. The Bertz CT molecular complexity index is 431. The fourth-order valence-corrected chi connectivity index (χ4v) is 2.05. The molecule has 0 aliphatic carbocycles. The minimum atomic E-state index is 0.0469. The Kier molecular flexibility index (Phi) is 3.33. The van der Waals surface area contributed by atoms with Crippen LogP contribution in [0, 0.1) is 6.92 Å². The number of rotatable bonds is 1. The van der Waals surface area contributed by atoms with Crippen molar-refractivity contribution in [3.63, 3.8) is 0 Å². The molecule has 1 aromatic rings. The lowest BCUT2D eigenvalue weighted by Gasteiger charge is -2.33. The molecule has 2 rings (SSSR count). The number of nitrogens with two attached hydrogens (primary N) is 1. The van der Waals surface area contributed by atoms with Gasteiger partial charge in [-0.05, 0) is 31.5 Å². The molecule has 1 atom stereocenters. The van der Waals surface area contributed by atoms with Crippen molar-refractivity contribution >= 4 is 11.6 Å². The monoisotopic (exact) mass is 234 g/mol. The summed E-state index contributed by atoms with van der Waals surface area (Å²) in [5, 5.41) is 0. The minimum Gasteiger partial charge on any atom is -0.399 e. The van der Waals surface area contributed by atoms with Gasteiger partial charge in [-0.25, -0.2) is 0 Å². The van der Waals surface area contributed by atoms with Gasteiger partial charge in [-0.2, -0.15) is 0 Å². The van der Waals surface area contributed by atoms with E-state index in [1.165, 1.54) is 0 Å². The summed E-state index contributed by atoms with van der Waals surface area (Å²) in [5.74, 6) is 0.0469. The molecule has 17 heavy (non-hydrogen) atoms. The van der Waals surface area contributed by atoms with Gasteiger partial charge in [-0.1, -0.05) is 6.07 Å². The first-order valence-electron chi connectivity index (χ1n) is 5.84. The van der Waals surface area contributed by atoms with Crippen molar-refractivity contribution in [3.8, 4) is 0 Å². The number of ether oxygens (including phenoxy) is 1. The van der Waals surface area contributed by atoms with Crippen LogP contribution in [-0.2, 0) is 4.74 Å². The highest BCUT2D eigenvalue weighted by Gasteiger charge is 2.25. The molecule has 0 unspecified atom stereocenters. The molecule has 1 amide bonds. The van der Waals surface area contributed by atoms with E-state index < -0.39 is 0 Å². The van der Waals surface area contributed by atoms with E-state index in [0.717, 1.165) is 5.56 Å². The molecule has 0 bridgehead atoms. The Morgan fingerprint density at radius 3 is 3.00 bits per heavy atom.